The molecule has 1 saturated carbocycles. The van der Waals surface area contributed by atoms with Crippen molar-refractivity contribution in [2.24, 2.45) is 5.73 Å². The standard InChI is InChI=1S/C14H29N3O2/c1-4-17(10-6-9-16(2)3)12-7-5-8-14(15,11-12)13(18)19/h12H,4-11,15H2,1-3H3,(H,18,19). The smallest absolute Gasteiger partial charge is 0.323 e. The van der Waals surface area contributed by atoms with Gasteiger partial charge < -0.3 is 20.6 Å². The molecule has 1 aliphatic carbocycles. The van der Waals surface area contributed by atoms with Crippen molar-refractivity contribution < 1.29 is 9.90 Å². The molecule has 2 atom stereocenters. The zero-order chi connectivity index (χ0) is 14.5. The summed E-state index contributed by atoms with van der Waals surface area (Å²) in [6.45, 7) is 5.20. The van der Waals surface area contributed by atoms with Gasteiger partial charge in [0.25, 0.3) is 0 Å². The average Bonchev–Trinajstić information content (AvgIpc) is 2.34. The van der Waals surface area contributed by atoms with Crippen LogP contribution in [0, 0.1) is 0 Å². The van der Waals surface area contributed by atoms with Crippen LogP contribution in [0.4, 0.5) is 0 Å². The number of aliphatic carboxylic acids is 1. The molecular formula is C14H29N3O2. The normalized spacial score (nSPS) is 28.0. The van der Waals surface area contributed by atoms with Crippen LogP contribution >= 0.6 is 0 Å². The zero-order valence-corrected chi connectivity index (χ0v) is 12.6. The van der Waals surface area contributed by atoms with Crippen LogP contribution in [0.25, 0.3) is 0 Å². The van der Waals surface area contributed by atoms with Gasteiger partial charge in [-0.3, -0.25) is 4.79 Å². The number of rotatable bonds is 7. The van der Waals surface area contributed by atoms with Crippen LogP contribution in [-0.4, -0.2) is 66.2 Å². The van der Waals surface area contributed by atoms with Crippen molar-refractivity contribution in [3.8, 4) is 0 Å². The fraction of sp³-hybridized carbons (Fsp3) is 0.929. The summed E-state index contributed by atoms with van der Waals surface area (Å²) in [7, 11) is 4.15. The monoisotopic (exact) mass is 271 g/mol. The Morgan fingerprint density at radius 1 is 1.42 bits per heavy atom. The van der Waals surface area contributed by atoms with E-state index in [0.29, 0.717) is 18.9 Å². The van der Waals surface area contributed by atoms with E-state index in [0.717, 1.165) is 38.9 Å². The van der Waals surface area contributed by atoms with Gasteiger partial charge in [0.15, 0.2) is 0 Å². The van der Waals surface area contributed by atoms with Gasteiger partial charge in [0.05, 0.1) is 0 Å². The molecule has 3 N–H and O–H groups in total. The number of carboxylic acid groups (broad SMARTS) is 1. The fourth-order valence-electron chi connectivity index (χ4n) is 2.97. The third kappa shape index (κ3) is 4.75. The largest absolute Gasteiger partial charge is 0.480 e. The Kier molecular flexibility index (Phi) is 6.23. The number of carboxylic acids is 1. The molecule has 1 rings (SSSR count). The van der Waals surface area contributed by atoms with Gasteiger partial charge in [-0.05, 0) is 65.8 Å². The van der Waals surface area contributed by atoms with Gasteiger partial charge in [-0.2, -0.15) is 0 Å². The van der Waals surface area contributed by atoms with Crippen LogP contribution in [0.15, 0.2) is 0 Å². The second-order valence-electron chi connectivity index (χ2n) is 6.00. The molecular weight excluding hydrogens is 242 g/mol. The third-order valence-electron chi connectivity index (χ3n) is 4.16. The fourth-order valence-corrected chi connectivity index (χ4v) is 2.97. The maximum atomic E-state index is 11.3. The van der Waals surface area contributed by atoms with Gasteiger partial charge in [-0.25, -0.2) is 0 Å². The molecule has 0 bridgehead atoms. The molecule has 0 amide bonds. The Balaban J connectivity index is 2.53. The van der Waals surface area contributed by atoms with Crippen molar-refractivity contribution in [2.75, 3.05) is 33.7 Å². The number of hydrogen-bond donors (Lipinski definition) is 2. The van der Waals surface area contributed by atoms with E-state index in [4.69, 9.17) is 5.73 Å². The molecule has 0 heterocycles. The zero-order valence-electron chi connectivity index (χ0n) is 12.6. The van der Waals surface area contributed by atoms with Crippen molar-refractivity contribution >= 4 is 5.97 Å². The number of nitrogens with zero attached hydrogens (tertiary/aromatic N) is 2. The molecule has 0 aromatic heterocycles. The van der Waals surface area contributed by atoms with Gasteiger partial charge in [0.1, 0.15) is 5.54 Å². The topological polar surface area (TPSA) is 69.8 Å². The van der Waals surface area contributed by atoms with Gasteiger partial charge in [-0.1, -0.05) is 6.92 Å². The Morgan fingerprint density at radius 3 is 2.63 bits per heavy atom. The summed E-state index contributed by atoms with van der Waals surface area (Å²) < 4.78 is 0. The minimum Gasteiger partial charge on any atom is -0.480 e. The van der Waals surface area contributed by atoms with Crippen LogP contribution in [-0.2, 0) is 4.79 Å². The van der Waals surface area contributed by atoms with Crippen LogP contribution in [0.1, 0.15) is 39.0 Å². The molecule has 0 radical (unpaired) electrons. The minimum atomic E-state index is -1.02. The molecule has 2 unspecified atom stereocenters. The van der Waals surface area contributed by atoms with E-state index in [-0.39, 0.29) is 0 Å². The van der Waals surface area contributed by atoms with E-state index in [1.54, 1.807) is 0 Å². The predicted octanol–water partition coefficient (Wildman–Crippen LogP) is 0.985. The first kappa shape index (κ1) is 16.4. The van der Waals surface area contributed by atoms with Gasteiger partial charge in [0, 0.05) is 6.04 Å². The van der Waals surface area contributed by atoms with Crippen LogP contribution in [0.5, 0.6) is 0 Å². The molecule has 1 fully saturated rings. The average molecular weight is 271 g/mol. The minimum absolute atomic E-state index is 0.321. The van der Waals surface area contributed by atoms with Crippen molar-refractivity contribution in [2.45, 2.75) is 50.6 Å². The molecule has 1 aliphatic rings. The summed E-state index contributed by atoms with van der Waals surface area (Å²) in [5.74, 6) is -0.846. The summed E-state index contributed by atoms with van der Waals surface area (Å²) in [5, 5.41) is 9.27. The molecule has 5 nitrogen and oxygen atoms in total. The van der Waals surface area contributed by atoms with Gasteiger partial charge in [0.2, 0.25) is 0 Å². The lowest BCUT2D eigenvalue weighted by Crippen LogP contribution is -2.55. The second-order valence-corrected chi connectivity index (χ2v) is 6.00. The van der Waals surface area contributed by atoms with Crippen LogP contribution in [0.2, 0.25) is 0 Å². The summed E-state index contributed by atoms with van der Waals surface area (Å²) in [6.07, 6.45) is 4.29. The van der Waals surface area contributed by atoms with E-state index in [1.807, 2.05) is 0 Å². The summed E-state index contributed by atoms with van der Waals surface area (Å²) in [6, 6.07) is 0.321. The third-order valence-corrected chi connectivity index (χ3v) is 4.16. The van der Waals surface area contributed by atoms with Crippen molar-refractivity contribution in [3.05, 3.63) is 0 Å². The Hall–Kier alpha value is -0.650. The number of nitrogens with two attached hydrogens (primary N) is 1. The lowest BCUT2D eigenvalue weighted by molar-refractivity contribution is -0.145. The first-order valence-electron chi connectivity index (χ1n) is 7.30. The molecule has 112 valence electrons. The molecule has 19 heavy (non-hydrogen) atoms. The molecule has 0 aliphatic heterocycles. The summed E-state index contributed by atoms with van der Waals surface area (Å²) >= 11 is 0. The molecule has 0 aromatic carbocycles. The highest BCUT2D eigenvalue weighted by Crippen LogP contribution is 2.29. The summed E-state index contributed by atoms with van der Waals surface area (Å²) in [4.78, 5) is 15.9. The number of hydrogen-bond acceptors (Lipinski definition) is 4. The van der Waals surface area contributed by atoms with Gasteiger partial charge in [-0.15, -0.1) is 0 Å². The van der Waals surface area contributed by atoms with Crippen LogP contribution < -0.4 is 5.73 Å². The van der Waals surface area contributed by atoms with E-state index in [2.05, 4.69) is 30.8 Å². The summed E-state index contributed by atoms with van der Waals surface area (Å²) in [5.41, 5.74) is 5.01. The van der Waals surface area contributed by atoms with E-state index < -0.39 is 11.5 Å². The van der Waals surface area contributed by atoms with E-state index in [1.165, 1.54) is 0 Å². The Labute approximate surface area is 116 Å². The maximum absolute atomic E-state index is 11.3. The highest BCUT2D eigenvalue weighted by atomic mass is 16.4. The highest BCUT2D eigenvalue weighted by molar-refractivity contribution is 5.78. The van der Waals surface area contributed by atoms with Crippen molar-refractivity contribution in [3.63, 3.8) is 0 Å². The molecule has 0 saturated heterocycles. The first-order valence-corrected chi connectivity index (χ1v) is 7.30. The molecule has 0 spiro atoms. The number of carbonyl (C=O) groups is 1. The Bertz CT molecular complexity index is 296. The lowest BCUT2D eigenvalue weighted by atomic mass is 9.79. The predicted molar refractivity (Wildman–Crippen MR) is 77.2 cm³/mol. The van der Waals surface area contributed by atoms with Crippen molar-refractivity contribution in [1.29, 1.82) is 0 Å². The first-order chi connectivity index (χ1) is 8.89. The van der Waals surface area contributed by atoms with E-state index >= 15 is 0 Å². The second kappa shape index (κ2) is 7.22. The molecule has 0 aromatic rings. The highest BCUT2D eigenvalue weighted by Gasteiger charge is 2.40. The van der Waals surface area contributed by atoms with Crippen molar-refractivity contribution in [1.82, 2.24) is 9.80 Å². The maximum Gasteiger partial charge on any atom is 0.323 e. The lowest BCUT2D eigenvalue weighted by Gasteiger charge is -2.40. The molecule has 5 heteroatoms. The SMILES string of the molecule is CCN(CCCN(C)C)C1CCCC(N)(C(=O)O)C1. The van der Waals surface area contributed by atoms with Gasteiger partial charge >= 0.3 is 5.97 Å². The van der Waals surface area contributed by atoms with Crippen LogP contribution in [0.3, 0.4) is 0 Å². The Morgan fingerprint density at radius 2 is 2.11 bits per heavy atom. The quantitative estimate of drug-likeness (QED) is 0.722. The van der Waals surface area contributed by atoms with E-state index in [9.17, 15) is 9.90 Å².